The molecule has 74 heavy (non-hydrogen) atoms. The molecule has 0 amide bonds. The summed E-state index contributed by atoms with van der Waals surface area (Å²) in [4.78, 5) is -2.30. The SMILES string of the molecule is COc1cc(N=Nc2cc(C)c(N=Nc3ccc(CS(=O)(=O)O)cc3S(=O)(=O)O)cc2C)c(C)cc1NCNc1cc(C)c(N=Nc2cc(C)c(N=Nc3ccc(S(=O)(=O)O)cc3S(=O)(=O)O)cc2C)cc1OC. The lowest BCUT2D eigenvalue weighted by Crippen LogP contribution is -2.13. The summed E-state index contributed by atoms with van der Waals surface area (Å²) in [6.45, 7) is 10.9. The van der Waals surface area contributed by atoms with Gasteiger partial charge in [0.2, 0.25) is 0 Å². The molecule has 0 atom stereocenters. The first-order valence-corrected chi connectivity index (χ1v) is 27.4. The Labute approximate surface area is 426 Å². The lowest BCUT2D eigenvalue weighted by molar-refractivity contribution is 0.416. The van der Waals surface area contributed by atoms with Crippen LogP contribution in [-0.2, 0) is 46.2 Å². The summed E-state index contributed by atoms with van der Waals surface area (Å²) < 4.78 is 143. The van der Waals surface area contributed by atoms with Gasteiger partial charge in [-0.2, -0.15) is 64.4 Å². The van der Waals surface area contributed by atoms with Crippen LogP contribution in [0.15, 0.2) is 141 Å². The molecule has 0 aliphatic rings. The van der Waals surface area contributed by atoms with Gasteiger partial charge in [-0.15, -0.1) is 10.2 Å². The van der Waals surface area contributed by atoms with Gasteiger partial charge in [-0.05, 0) is 147 Å². The number of anilines is 2. The highest BCUT2D eigenvalue weighted by molar-refractivity contribution is 7.87. The second-order valence-corrected chi connectivity index (χ2v) is 22.1. The highest BCUT2D eigenvalue weighted by Crippen LogP contribution is 2.39. The Morgan fingerprint density at radius 2 is 0.730 bits per heavy atom. The summed E-state index contributed by atoms with van der Waals surface area (Å²) in [6, 6.07) is 19.6. The number of aryl methyl sites for hydroxylation is 6. The van der Waals surface area contributed by atoms with Crippen LogP contribution in [0.2, 0.25) is 0 Å². The first kappa shape index (κ1) is 55.9. The first-order chi connectivity index (χ1) is 34.5. The summed E-state index contributed by atoms with van der Waals surface area (Å²) >= 11 is 0. The molecule has 0 spiro atoms. The van der Waals surface area contributed by atoms with Crippen LogP contribution < -0.4 is 20.1 Å². The molecule has 0 aromatic heterocycles. The van der Waals surface area contributed by atoms with E-state index < -0.39 is 60.9 Å². The molecule has 28 heteroatoms. The maximum Gasteiger partial charge on any atom is 0.296 e. The topological polar surface area (TPSA) is 359 Å². The molecular weight excluding hydrogens is 1040 g/mol. The monoisotopic (exact) mass is 1090 g/mol. The van der Waals surface area contributed by atoms with Gasteiger partial charge in [0.1, 0.15) is 38.4 Å². The zero-order valence-corrected chi connectivity index (χ0v) is 43.8. The van der Waals surface area contributed by atoms with Crippen molar-refractivity contribution >= 4 is 97.3 Å². The van der Waals surface area contributed by atoms with E-state index in [1.165, 1.54) is 20.3 Å². The van der Waals surface area contributed by atoms with Crippen molar-refractivity contribution in [3.63, 3.8) is 0 Å². The molecule has 0 aliphatic carbocycles. The van der Waals surface area contributed by atoms with E-state index in [0.29, 0.717) is 85.3 Å². The molecule has 0 radical (unpaired) electrons. The molecule has 0 bridgehead atoms. The van der Waals surface area contributed by atoms with E-state index in [2.05, 4.69) is 51.5 Å². The normalized spacial score (nSPS) is 12.6. The van der Waals surface area contributed by atoms with Crippen molar-refractivity contribution < 1.29 is 61.4 Å². The molecule has 0 saturated heterocycles. The number of hydrogen-bond donors (Lipinski definition) is 6. The third-order valence-electron chi connectivity index (χ3n) is 10.8. The Balaban J connectivity index is 1.12. The zero-order valence-electron chi connectivity index (χ0n) is 40.6. The Morgan fingerprint density at radius 1 is 0.405 bits per heavy atom. The number of nitrogens with zero attached hydrogens (tertiary/aromatic N) is 8. The molecule has 6 aromatic rings. The Hall–Kier alpha value is -7.44. The number of methoxy groups -OCH3 is 2. The number of hydrogen-bond acceptors (Lipinski definition) is 20. The zero-order chi connectivity index (χ0) is 54.5. The quantitative estimate of drug-likeness (QED) is 0.0249. The van der Waals surface area contributed by atoms with Crippen molar-refractivity contribution in [1.29, 1.82) is 0 Å². The van der Waals surface area contributed by atoms with Crippen molar-refractivity contribution in [3.8, 4) is 11.5 Å². The van der Waals surface area contributed by atoms with Gasteiger partial charge in [0.05, 0.1) is 71.3 Å². The second kappa shape index (κ2) is 22.4. The highest BCUT2D eigenvalue weighted by Gasteiger charge is 2.22. The van der Waals surface area contributed by atoms with Gasteiger partial charge in [0.25, 0.3) is 40.5 Å². The number of azo groups is 4. The first-order valence-electron chi connectivity index (χ1n) is 21.4. The van der Waals surface area contributed by atoms with Crippen LogP contribution in [0, 0.1) is 41.5 Å². The van der Waals surface area contributed by atoms with E-state index >= 15 is 0 Å². The average molecular weight is 1090 g/mol. The van der Waals surface area contributed by atoms with Crippen LogP contribution in [0.25, 0.3) is 0 Å². The molecule has 390 valence electrons. The van der Waals surface area contributed by atoms with Crippen molar-refractivity contribution in [2.24, 2.45) is 40.9 Å². The van der Waals surface area contributed by atoms with Crippen LogP contribution in [0.5, 0.6) is 11.5 Å². The fourth-order valence-electron chi connectivity index (χ4n) is 6.94. The van der Waals surface area contributed by atoms with E-state index in [1.54, 1.807) is 64.1 Å². The number of rotatable bonds is 19. The number of ether oxygens (including phenoxy) is 2. The van der Waals surface area contributed by atoms with Gasteiger partial charge in [-0.1, -0.05) is 6.07 Å². The summed E-state index contributed by atoms with van der Waals surface area (Å²) in [5.41, 5.74) is 7.30. The molecule has 0 aliphatic heterocycles. The second-order valence-electron chi connectivity index (χ2n) is 16.4. The predicted octanol–water partition coefficient (Wildman–Crippen LogP) is 11.8. The fraction of sp³-hybridized carbons (Fsp3) is 0.217. The molecule has 0 fully saturated rings. The maximum atomic E-state index is 12.1. The smallest absolute Gasteiger partial charge is 0.296 e. The van der Waals surface area contributed by atoms with Crippen LogP contribution >= 0.6 is 0 Å². The van der Waals surface area contributed by atoms with Gasteiger partial charge in [-0.3, -0.25) is 18.2 Å². The maximum absolute atomic E-state index is 12.1. The van der Waals surface area contributed by atoms with E-state index in [-0.39, 0.29) is 23.6 Å². The Kier molecular flexibility index (Phi) is 16.9. The van der Waals surface area contributed by atoms with Crippen LogP contribution in [0.4, 0.5) is 56.9 Å². The third kappa shape index (κ3) is 14.2. The van der Waals surface area contributed by atoms with E-state index in [4.69, 9.17) is 14.0 Å². The van der Waals surface area contributed by atoms with Crippen molar-refractivity contribution in [2.75, 3.05) is 31.5 Å². The summed E-state index contributed by atoms with van der Waals surface area (Å²) in [6.07, 6.45) is 0. The molecule has 24 nitrogen and oxygen atoms in total. The van der Waals surface area contributed by atoms with Crippen molar-refractivity contribution in [1.82, 2.24) is 0 Å². The Bertz CT molecular complexity index is 3790. The van der Waals surface area contributed by atoms with Crippen LogP contribution in [0.1, 0.15) is 38.9 Å². The van der Waals surface area contributed by atoms with Gasteiger partial charge in [-0.25, -0.2) is 0 Å². The lowest BCUT2D eigenvalue weighted by Gasteiger charge is -2.17. The van der Waals surface area contributed by atoms with Gasteiger partial charge in [0, 0.05) is 12.1 Å². The summed E-state index contributed by atoms with van der Waals surface area (Å²) in [5, 5.41) is 40.7. The number of benzene rings is 6. The molecule has 6 rings (SSSR count). The minimum atomic E-state index is -4.94. The van der Waals surface area contributed by atoms with E-state index in [9.17, 15) is 47.3 Å². The van der Waals surface area contributed by atoms with Crippen molar-refractivity contribution in [3.05, 3.63) is 124 Å². The largest absolute Gasteiger partial charge is 0.495 e. The third-order valence-corrected chi connectivity index (χ3v) is 14.2. The van der Waals surface area contributed by atoms with Gasteiger partial charge >= 0.3 is 0 Å². The molecule has 0 saturated carbocycles. The van der Waals surface area contributed by atoms with E-state index in [1.807, 2.05) is 26.0 Å². The minimum absolute atomic E-state index is 0.0861. The molecule has 0 unspecified atom stereocenters. The average Bonchev–Trinajstić information content (AvgIpc) is 3.30. The summed E-state index contributed by atoms with van der Waals surface area (Å²) in [5.74, 6) is 0.0802. The molecule has 0 heterocycles. The fourth-order valence-corrected chi connectivity index (χ4v) is 9.45. The number of nitrogens with one attached hydrogen (secondary N) is 2. The van der Waals surface area contributed by atoms with Gasteiger partial charge < -0.3 is 20.1 Å². The lowest BCUT2D eigenvalue weighted by atomic mass is 10.1. The predicted molar refractivity (Wildman–Crippen MR) is 274 cm³/mol. The van der Waals surface area contributed by atoms with Gasteiger partial charge in [0.15, 0.2) is 0 Å². The highest BCUT2D eigenvalue weighted by atomic mass is 32.2. The minimum Gasteiger partial charge on any atom is -0.495 e. The molecular formula is C46H48N10O14S4. The molecule has 6 aromatic carbocycles. The summed E-state index contributed by atoms with van der Waals surface area (Å²) in [7, 11) is -16.0. The molecule has 6 N–H and O–H groups in total. The van der Waals surface area contributed by atoms with E-state index in [0.717, 1.165) is 35.4 Å². The standard InChI is InChI=1S/C46H48N10O14S4/c1-25-15-37(27(3)13-35(25)51-49-33-11-9-31(23-71(57,58)59)19-45(33)73(63,64)65)53-55-39-21-43(69-7)41(17-29(39)5)47-24-48-42-18-30(6)40(22-44(42)70-8)56-54-38-16-26(2)36(14-28(38)4)52-50-34-12-10-32(72(60,61)62)20-46(34)74(66,67)68/h9-22,47-48H,23-24H2,1-8H3,(H,57,58,59)(H,60,61,62)(H,63,64,65)(H,66,67,68). The van der Waals surface area contributed by atoms with Crippen LogP contribution in [0.3, 0.4) is 0 Å². The van der Waals surface area contributed by atoms with Crippen LogP contribution in [-0.4, -0.2) is 72.8 Å². The van der Waals surface area contributed by atoms with Crippen molar-refractivity contribution in [2.45, 2.75) is 62.0 Å². The Morgan fingerprint density at radius 3 is 1.07 bits per heavy atom.